The summed E-state index contributed by atoms with van der Waals surface area (Å²) in [6.45, 7) is 0.837. The summed E-state index contributed by atoms with van der Waals surface area (Å²) in [6.07, 6.45) is -0.763. The number of nitrogens with zero attached hydrogens (tertiary/aromatic N) is 1. The lowest BCUT2D eigenvalue weighted by molar-refractivity contribution is -0.133. The van der Waals surface area contributed by atoms with Gasteiger partial charge >= 0.3 is 0 Å². The monoisotopic (exact) mass is 352 g/mol. The van der Waals surface area contributed by atoms with Crippen LogP contribution in [0.15, 0.2) is 33.2 Å². The third-order valence-corrected chi connectivity index (χ3v) is 3.85. The van der Waals surface area contributed by atoms with Crippen molar-refractivity contribution in [3.63, 3.8) is 0 Å². The van der Waals surface area contributed by atoms with Gasteiger partial charge in [-0.15, -0.1) is 0 Å². The molecule has 1 atom stereocenters. The van der Waals surface area contributed by atoms with Crippen molar-refractivity contribution in [3.05, 3.63) is 34.5 Å². The Balaban J connectivity index is 1.84. The van der Waals surface area contributed by atoms with Crippen molar-refractivity contribution < 1.29 is 18.7 Å². The van der Waals surface area contributed by atoms with E-state index in [1.807, 2.05) is 12.1 Å². The Bertz CT molecular complexity index is 712. The van der Waals surface area contributed by atoms with Crippen molar-refractivity contribution in [2.45, 2.75) is 6.10 Å². The maximum atomic E-state index is 12.4. The van der Waals surface area contributed by atoms with Crippen molar-refractivity contribution in [1.29, 1.82) is 0 Å². The first-order valence-electron chi connectivity index (χ1n) is 6.44. The van der Waals surface area contributed by atoms with Crippen LogP contribution >= 0.6 is 15.9 Å². The standard InChI is InChI=1S/C14H13BrN2O4/c15-9-1-2-10-8(5-9)6-11(21-10)14(19)17-3-4-20-12(7-17)13(16)18/h1-2,5-6,12H,3-4,7H2,(H2,16,18). The molecule has 2 aromatic rings. The Morgan fingerprint density at radius 2 is 2.14 bits per heavy atom. The van der Waals surface area contributed by atoms with E-state index < -0.39 is 12.0 Å². The van der Waals surface area contributed by atoms with Crippen molar-refractivity contribution >= 4 is 38.7 Å². The molecule has 6 nitrogen and oxygen atoms in total. The second-order valence-electron chi connectivity index (χ2n) is 4.81. The number of halogens is 1. The minimum absolute atomic E-state index is 0.148. The van der Waals surface area contributed by atoms with Gasteiger partial charge in [0, 0.05) is 16.4 Å². The molecule has 0 saturated carbocycles. The van der Waals surface area contributed by atoms with Crippen LogP contribution in [0.1, 0.15) is 10.6 Å². The smallest absolute Gasteiger partial charge is 0.289 e. The van der Waals surface area contributed by atoms with Crippen molar-refractivity contribution in [2.75, 3.05) is 19.7 Å². The summed E-state index contributed by atoms with van der Waals surface area (Å²) in [7, 11) is 0. The van der Waals surface area contributed by atoms with E-state index in [4.69, 9.17) is 14.9 Å². The highest BCUT2D eigenvalue weighted by Gasteiger charge is 2.29. The molecule has 0 radical (unpaired) electrons. The molecule has 1 aliphatic rings. The molecule has 21 heavy (non-hydrogen) atoms. The third kappa shape index (κ3) is 2.79. The van der Waals surface area contributed by atoms with Gasteiger partial charge in [-0.1, -0.05) is 15.9 Å². The van der Waals surface area contributed by atoms with Crippen LogP contribution in [0.4, 0.5) is 0 Å². The Morgan fingerprint density at radius 1 is 1.33 bits per heavy atom. The predicted octanol–water partition coefficient (Wildman–Crippen LogP) is 1.52. The van der Waals surface area contributed by atoms with Gasteiger partial charge in [0.2, 0.25) is 5.91 Å². The fourth-order valence-corrected chi connectivity index (χ4v) is 2.66. The summed E-state index contributed by atoms with van der Waals surface area (Å²) in [4.78, 5) is 25.1. The molecule has 0 aliphatic carbocycles. The normalized spacial score (nSPS) is 18.9. The number of morpholine rings is 1. The zero-order valence-electron chi connectivity index (χ0n) is 11.0. The SMILES string of the molecule is NC(=O)C1CN(C(=O)c2cc3cc(Br)ccc3o2)CCO1. The summed E-state index contributed by atoms with van der Waals surface area (Å²) >= 11 is 3.37. The molecule has 1 aliphatic heterocycles. The lowest BCUT2D eigenvalue weighted by Gasteiger charge is -2.30. The average molecular weight is 353 g/mol. The van der Waals surface area contributed by atoms with Crippen molar-refractivity contribution in [1.82, 2.24) is 4.90 Å². The molecule has 3 rings (SSSR count). The van der Waals surface area contributed by atoms with Crippen LogP contribution in [-0.4, -0.2) is 42.5 Å². The number of hydrogen-bond donors (Lipinski definition) is 1. The summed E-state index contributed by atoms with van der Waals surface area (Å²) < 4.78 is 11.7. The van der Waals surface area contributed by atoms with Crippen LogP contribution in [0, 0.1) is 0 Å². The van der Waals surface area contributed by atoms with Crippen LogP contribution in [0.5, 0.6) is 0 Å². The summed E-state index contributed by atoms with van der Waals surface area (Å²) in [5, 5.41) is 0.840. The van der Waals surface area contributed by atoms with E-state index in [1.165, 1.54) is 4.90 Å². The zero-order valence-corrected chi connectivity index (χ0v) is 12.6. The van der Waals surface area contributed by atoms with E-state index in [0.29, 0.717) is 12.1 Å². The van der Waals surface area contributed by atoms with Gasteiger partial charge < -0.3 is 19.8 Å². The molecular formula is C14H13BrN2O4. The number of primary amides is 1. The fourth-order valence-electron chi connectivity index (χ4n) is 2.28. The molecule has 110 valence electrons. The molecular weight excluding hydrogens is 340 g/mol. The first-order chi connectivity index (χ1) is 10.0. The van der Waals surface area contributed by atoms with Gasteiger partial charge in [-0.2, -0.15) is 0 Å². The number of carbonyl (C=O) groups excluding carboxylic acids is 2. The van der Waals surface area contributed by atoms with E-state index >= 15 is 0 Å². The topological polar surface area (TPSA) is 85.8 Å². The van der Waals surface area contributed by atoms with Gasteiger partial charge in [0.05, 0.1) is 13.2 Å². The minimum Gasteiger partial charge on any atom is -0.451 e. The van der Waals surface area contributed by atoms with Crippen LogP contribution in [-0.2, 0) is 9.53 Å². The maximum absolute atomic E-state index is 12.4. The van der Waals surface area contributed by atoms with E-state index in [-0.39, 0.29) is 24.8 Å². The number of hydrogen-bond acceptors (Lipinski definition) is 4. The van der Waals surface area contributed by atoms with Gasteiger partial charge in [0.25, 0.3) is 5.91 Å². The number of rotatable bonds is 2. The number of carbonyl (C=O) groups is 2. The fraction of sp³-hybridized carbons (Fsp3) is 0.286. The Morgan fingerprint density at radius 3 is 2.90 bits per heavy atom. The number of furan rings is 1. The lowest BCUT2D eigenvalue weighted by atomic mass is 10.2. The Hall–Kier alpha value is -1.86. The predicted molar refractivity (Wildman–Crippen MR) is 78.8 cm³/mol. The number of fused-ring (bicyclic) bond motifs is 1. The van der Waals surface area contributed by atoms with Crippen LogP contribution in [0.3, 0.4) is 0 Å². The molecule has 0 bridgehead atoms. The highest BCUT2D eigenvalue weighted by molar-refractivity contribution is 9.10. The average Bonchev–Trinajstić information content (AvgIpc) is 2.89. The molecule has 2 amide bonds. The van der Waals surface area contributed by atoms with E-state index in [9.17, 15) is 9.59 Å². The van der Waals surface area contributed by atoms with E-state index in [0.717, 1.165) is 9.86 Å². The van der Waals surface area contributed by atoms with Gasteiger partial charge in [-0.3, -0.25) is 9.59 Å². The molecule has 2 N–H and O–H groups in total. The molecule has 1 saturated heterocycles. The first kappa shape index (κ1) is 14.1. The first-order valence-corrected chi connectivity index (χ1v) is 7.23. The lowest BCUT2D eigenvalue weighted by Crippen LogP contribution is -2.50. The van der Waals surface area contributed by atoms with Crippen molar-refractivity contribution in [3.8, 4) is 0 Å². The van der Waals surface area contributed by atoms with Gasteiger partial charge in [-0.25, -0.2) is 0 Å². The second kappa shape index (κ2) is 5.50. The number of ether oxygens (including phenoxy) is 1. The van der Waals surface area contributed by atoms with E-state index in [1.54, 1.807) is 12.1 Å². The minimum atomic E-state index is -0.763. The molecule has 1 aromatic heterocycles. The zero-order chi connectivity index (χ0) is 15.0. The van der Waals surface area contributed by atoms with Crippen LogP contribution < -0.4 is 5.73 Å². The van der Waals surface area contributed by atoms with Crippen LogP contribution in [0.25, 0.3) is 11.0 Å². The molecule has 1 fully saturated rings. The van der Waals surface area contributed by atoms with Gasteiger partial charge in [0.15, 0.2) is 11.9 Å². The highest BCUT2D eigenvalue weighted by atomic mass is 79.9. The Kier molecular flexibility index (Phi) is 3.69. The summed E-state index contributed by atoms with van der Waals surface area (Å²) in [5.74, 6) is -0.592. The molecule has 2 heterocycles. The molecule has 7 heteroatoms. The number of amides is 2. The largest absolute Gasteiger partial charge is 0.451 e. The Labute approximate surface area is 128 Å². The molecule has 1 unspecified atom stereocenters. The van der Waals surface area contributed by atoms with Gasteiger partial charge in [-0.05, 0) is 24.3 Å². The van der Waals surface area contributed by atoms with Gasteiger partial charge in [0.1, 0.15) is 5.58 Å². The number of nitrogens with two attached hydrogens (primary N) is 1. The molecule has 0 spiro atoms. The maximum Gasteiger partial charge on any atom is 0.289 e. The van der Waals surface area contributed by atoms with E-state index in [2.05, 4.69) is 15.9 Å². The highest BCUT2D eigenvalue weighted by Crippen LogP contribution is 2.24. The quantitative estimate of drug-likeness (QED) is 0.887. The summed E-state index contributed by atoms with van der Waals surface area (Å²) in [6, 6.07) is 7.21. The van der Waals surface area contributed by atoms with Crippen molar-refractivity contribution in [2.24, 2.45) is 5.73 Å². The molecule has 1 aromatic carbocycles. The number of benzene rings is 1. The second-order valence-corrected chi connectivity index (χ2v) is 5.72. The third-order valence-electron chi connectivity index (χ3n) is 3.36. The summed E-state index contributed by atoms with van der Waals surface area (Å²) in [5.41, 5.74) is 5.86. The van der Waals surface area contributed by atoms with Crippen LogP contribution in [0.2, 0.25) is 0 Å².